The molecule has 2 amide bonds. The average molecular weight is 301 g/mol. The van der Waals surface area contributed by atoms with Crippen molar-refractivity contribution in [2.75, 3.05) is 13.2 Å². The monoisotopic (exact) mass is 301 g/mol. The molecule has 0 N–H and O–H groups in total. The molecule has 5 heteroatoms. The van der Waals surface area contributed by atoms with Crippen molar-refractivity contribution in [1.82, 2.24) is 4.90 Å². The Labute approximate surface area is 129 Å². The molecular formula is C17H19NO4. The van der Waals surface area contributed by atoms with Crippen LogP contribution in [0.15, 0.2) is 42.5 Å². The molecule has 3 rings (SSSR count). The van der Waals surface area contributed by atoms with Crippen LogP contribution in [0.25, 0.3) is 0 Å². The fourth-order valence-corrected chi connectivity index (χ4v) is 2.82. The number of hydrogen-bond acceptors (Lipinski definition) is 4. The Morgan fingerprint density at radius 1 is 1.32 bits per heavy atom. The molecule has 2 atom stereocenters. The van der Waals surface area contributed by atoms with Crippen molar-refractivity contribution in [2.45, 2.75) is 31.4 Å². The largest absolute Gasteiger partial charge is 0.447 e. The summed E-state index contributed by atoms with van der Waals surface area (Å²) in [6.45, 7) is 2.34. The third kappa shape index (κ3) is 2.76. The standard InChI is InChI=1S/C17H19NO4/c1-17(9-5-6-10-22-17)15(19)18-14(12-21-16(18)20)11-13-7-3-2-4-8-13/h2-8,14H,9-12H2,1H3/t14-,17+/m0/s1. The van der Waals surface area contributed by atoms with Crippen molar-refractivity contribution in [1.29, 1.82) is 0 Å². The molecule has 22 heavy (non-hydrogen) atoms. The number of rotatable bonds is 3. The van der Waals surface area contributed by atoms with Gasteiger partial charge in [-0.3, -0.25) is 4.79 Å². The number of benzene rings is 1. The van der Waals surface area contributed by atoms with E-state index < -0.39 is 11.7 Å². The third-order valence-corrected chi connectivity index (χ3v) is 4.12. The lowest BCUT2D eigenvalue weighted by Gasteiger charge is -2.33. The van der Waals surface area contributed by atoms with Crippen LogP contribution in [-0.2, 0) is 20.7 Å². The Morgan fingerprint density at radius 3 is 2.77 bits per heavy atom. The molecule has 0 aliphatic carbocycles. The zero-order valence-electron chi connectivity index (χ0n) is 12.5. The predicted molar refractivity (Wildman–Crippen MR) is 80.2 cm³/mol. The molecule has 1 saturated heterocycles. The van der Waals surface area contributed by atoms with Gasteiger partial charge in [-0.05, 0) is 18.9 Å². The van der Waals surface area contributed by atoms with Gasteiger partial charge in [-0.1, -0.05) is 42.5 Å². The first-order valence-electron chi connectivity index (χ1n) is 7.43. The predicted octanol–water partition coefficient (Wildman–Crippen LogP) is 2.31. The van der Waals surface area contributed by atoms with Gasteiger partial charge in [0.2, 0.25) is 0 Å². The molecule has 0 aromatic heterocycles. The first-order chi connectivity index (χ1) is 10.6. The van der Waals surface area contributed by atoms with Crippen LogP contribution in [-0.4, -0.2) is 41.8 Å². The number of cyclic esters (lactones) is 1. The zero-order valence-corrected chi connectivity index (χ0v) is 12.5. The van der Waals surface area contributed by atoms with E-state index in [1.165, 1.54) is 4.90 Å². The Morgan fingerprint density at radius 2 is 2.09 bits per heavy atom. The summed E-state index contributed by atoms with van der Waals surface area (Å²) in [5.74, 6) is -0.319. The van der Waals surface area contributed by atoms with E-state index in [1.807, 2.05) is 42.5 Å². The summed E-state index contributed by atoms with van der Waals surface area (Å²) in [6, 6.07) is 9.49. The van der Waals surface area contributed by atoms with E-state index >= 15 is 0 Å². The smallest absolute Gasteiger partial charge is 0.417 e. The number of imide groups is 1. The van der Waals surface area contributed by atoms with Crippen molar-refractivity contribution < 1.29 is 19.1 Å². The van der Waals surface area contributed by atoms with Crippen molar-refractivity contribution >= 4 is 12.0 Å². The van der Waals surface area contributed by atoms with E-state index in [0.717, 1.165) is 5.56 Å². The van der Waals surface area contributed by atoms with Crippen LogP contribution in [0, 0.1) is 0 Å². The van der Waals surface area contributed by atoms with Crippen LogP contribution < -0.4 is 0 Å². The summed E-state index contributed by atoms with van der Waals surface area (Å²) in [4.78, 5) is 26.0. The first kappa shape index (κ1) is 14.8. The lowest BCUT2D eigenvalue weighted by Crippen LogP contribution is -2.53. The summed E-state index contributed by atoms with van der Waals surface area (Å²) in [5, 5.41) is 0. The maximum atomic E-state index is 12.8. The fourth-order valence-electron chi connectivity index (χ4n) is 2.82. The normalized spacial score (nSPS) is 27.8. The highest BCUT2D eigenvalue weighted by atomic mass is 16.6. The Bertz CT molecular complexity index is 598. The van der Waals surface area contributed by atoms with Crippen LogP contribution in [0.3, 0.4) is 0 Å². The molecule has 0 bridgehead atoms. The van der Waals surface area contributed by atoms with Gasteiger partial charge in [-0.25, -0.2) is 9.69 Å². The van der Waals surface area contributed by atoms with Gasteiger partial charge in [-0.15, -0.1) is 0 Å². The van der Waals surface area contributed by atoms with Gasteiger partial charge >= 0.3 is 6.09 Å². The molecule has 2 aliphatic rings. The van der Waals surface area contributed by atoms with E-state index in [0.29, 0.717) is 19.4 Å². The molecule has 1 aromatic rings. The van der Waals surface area contributed by atoms with Gasteiger partial charge in [0.1, 0.15) is 12.2 Å². The second-order valence-electron chi connectivity index (χ2n) is 5.81. The SMILES string of the molecule is C[C@]1(C(=O)N2C(=O)OC[C@@H]2Cc2ccccc2)CC=CCO1. The molecule has 1 fully saturated rings. The lowest BCUT2D eigenvalue weighted by atomic mass is 9.96. The quantitative estimate of drug-likeness (QED) is 0.804. The Kier molecular flexibility index (Phi) is 3.98. The molecular weight excluding hydrogens is 282 g/mol. The van der Waals surface area contributed by atoms with E-state index in [-0.39, 0.29) is 18.6 Å². The fraction of sp³-hybridized carbons (Fsp3) is 0.412. The zero-order chi connectivity index (χ0) is 15.6. The van der Waals surface area contributed by atoms with E-state index in [1.54, 1.807) is 6.92 Å². The summed E-state index contributed by atoms with van der Waals surface area (Å²) < 4.78 is 10.7. The van der Waals surface area contributed by atoms with Crippen molar-refractivity contribution in [3.8, 4) is 0 Å². The number of carbonyl (C=O) groups excluding carboxylic acids is 2. The van der Waals surface area contributed by atoms with Gasteiger partial charge in [0.15, 0.2) is 0 Å². The second kappa shape index (κ2) is 5.93. The highest BCUT2D eigenvalue weighted by Crippen LogP contribution is 2.27. The molecule has 116 valence electrons. The third-order valence-electron chi connectivity index (χ3n) is 4.12. The number of carbonyl (C=O) groups is 2. The molecule has 0 radical (unpaired) electrons. The van der Waals surface area contributed by atoms with Gasteiger partial charge in [0.05, 0.1) is 12.6 Å². The molecule has 5 nitrogen and oxygen atoms in total. The minimum absolute atomic E-state index is 0.228. The van der Waals surface area contributed by atoms with Crippen LogP contribution in [0.4, 0.5) is 4.79 Å². The first-order valence-corrected chi connectivity index (χ1v) is 7.43. The summed E-state index contributed by atoms with van der Waals surface area (Å²) in [6.07, 6.45) is 4.26. The minimum atomic E-state index is -0.993. The number of hydrogen-bond donors (Lipinski definition) is 0. The number of ether oxygens (including phenoxy) is 2. The summed E-state index contributed by atoms with van der Waals surface area (Å²) in [5.41, 5.74) is 0.0748. The maximum absolute atomic E-state index is 12.8. The lowest BCUT2D eigenvalue weighted by molar-refractivity contribution is -0.153. The van der Waals surface area contributed by atoms with Crippen molar-refractivity contribution in [3.63, 3.8) is 0 Å². The molecule has 0 saturated carbocycles. The average Bonchev–Trinajstić information content (AvgIpc) is 2.89. The van der Waals surface area contributed by atoms with E-state index in [2.05, 4.69) is 0 Å². The van der Waals surface area contributed by atoms with Gasteiger partial charge in [0.25, 0.3) is 5.91 Å². The maximum Gasteiger partial charge on any atom is 0.417 e. The summed E-state index contributed by atoms with van der Waals surface area (Å²) in [7, 11) is 0. The topological polar surface area (TPSA) is 55.8 Å². The van der Waals surface area contributed by atoms with E-state index in [4.69, 9.17) is 9.47 Å². The van der Waals surface area contributed by atoms with Crippen LogP contribution in [0.2, 0.25) is 0 Å². The number of nitrogens with zero attached hydrogens (tertiary/aromatic N) is 1. The summed E-state index contributed by atoms with van der Waals surface area (Å²) >= 11 is 0. The Balaban J connectivity index is 1.79. The molecule has 2 aliphatic heterocycles. The van der Waals surface area contributed by atoms with Gasteiger partial charge in [-0.2, -0.15) is 0 Å². The van der Waals surface area contributed by atoms with Gasteiger partial charge in [0, 0.05) is 6.42 Å². The van der Waals surface area contributed by atoms with Crippen LogP contribution in [0.1, 0.15) is 18.9 Å². The molecule has 0 unspecified atom stereocenters. The van der Waals surface area contributed by atoms with Crippen molar-refractivity contribution in [3.05, 3.63) is 48.0 Å². The highest BCUT2D eigenvalue weighted by molar-refractivity contribution is 5.98. The molecule has 0 spiro atoms. The van der Waals surface area contributed by atoms with Crippen LogP contribution in [0.5, 0.6) is 0 Å². The molecule has 1 aromatic carbocycles. The van der Waals surface area contributed by atoms with E-state index in [9.17, 15) is 9.59 Å². The van der Waals surface area contributed by atoms with Crippen LogP contribution >= 0.6 is 0 Å². The van der Waals surface area contributed by atoms with Gasteiger partial charge < -0.3 is 9.47 Å². The second-order valence-corrected chi connectivity index (χ2v) is 5.81. The highest BCUT2D eigenvalue weighted by Gasteiger charge is 2.46. The number of amides is 2. The molecule has 2 heterocycles. The van der Waals surface area contributed by atoms with Crippen molar-refractivity contribution in [2.24, 2.45) is 0 Å². The Hall–Kier alpha value is -2.14. The minimum Gasteiger partial charge on any atom is -0.447 e.